The van der Waals surface area contributed by atoms with Crippen molar-refractivity contribution in [3.8, 4) is 0 Å². The van der Waals surface area contributed by atoms with Crippen molar-refractivity contribution in [3.63, 3.8) is 0 Å². The molecule has 2 N–H and O–H groups in total. The summed E-state index contributed by atoms with van der Waals surface area (Å²) in [5.41, 5.74) is 1.20. The van der Waals surface area contributed by atoms with Gasteiger partial charge in [-0.2, -0.15) is 0 Å². The van der Waals surface area contributed by atoms with Crippen LogP contribution in [0.1, 0.15) is 26.2 Å². The van der Waals surface area contributed by atoms with E-state index < -0.39 is 0 Å². The molecule has 0 radical (unpaired) electrons. The second-order valence-electron chi connectivity index (χ2n) is 6.91. The van der Waals surface area contributed by atoms with Gasteiger partial charge < -0.3 is 15.5 Å². The number of guanidine groups is 1. The largest absolute Gasteiger partial charge is 0.369 e. The number of nitrogens with one attached hydrogen (secondary N) is 2. The second-order valence-corrected chi connectivity index (χ2v) is 7.35. The molecule has 1 saturated heterocycles. The molecule has 2 aliphatic rings. The molecular formula is C19H31ClIN5. The summed E-state index contributed by atoms with van der Waals surface area (Å²) in [5, 5.41) is 7.82. The van der Waals surface area contributed by atoms with Crippen LogP contribution in [0.25, 0.3) is 0 Å². The van der Waals surface area contributed by atoms with Crippen molar-refractivity contribution in [1.82, 2.24) is 15.5 Å². The minimum atomic E-state index is 0. The summed E-state index contributed by atoms with van der Waals surface area (Å²) in [6, 6.07) is 9.33. The van der Waals surface area contributed by atoms with Crippen molar-refractivity contribution in [2.45, 2.75) is 38.3 Å². The average Bonchev–Trinajstić information content (AvgIpc) is 3.35. The first-order valence-corrected chi connectivity index (χ1v) is 9.79. The fourth-order valence-electron chi connectivity index (χ4n) is 3.53. The van der Waals surface area contributed by atoms with Crippen LogP contribution in [0, 0.1) is 0 Å². The van der Waals surface area contributed by atoms with Crippen LogP contribution in [0.15, 0.2) is 29.3 Å². The third kappa shape index (κ3) is 6.16. The predicted octanol–water partition coefficient (Wildman–Crippen LogP) is 3.19. The maximum absolute atomic E-state index is 6.11. The summed E-state index contributed by atoms with van der Waals surface area (Å²) in [7, 11) is 1.84. The van der Waals surface area contributed by atoms with E-state index in [9.17, 15) is 0 Å². The minimum absolute atomic E-state index is 0. The van der Waals surface area contributed by atoms with Gasteiger partial charge in [0.15, 0.2) is 5.96 Å². The molecule has 2 fully saturated rings. The number of nitrogens with zero attached hydrogens (tertiary/aromatic N) is 3. The number of hydrogen-bond acceptors (Lipinski definition) is 3. The predicted molar refractivity (Wildman–Crippen MR) is 122 cm³/mol. The molecule has 0 amide bonds. The number of rotatable bonds is 7. The number of halogens is 2. The van der Waals surface area contributed by atoms with Crippen molar-refractivity contribution < 1.29 is 0 Å². The molecule has 146 valence electrons. The highest BCUT2D eigenvalue weighted by atomic mass is 127. The van der Waals surface area contributed by atoms with Gasteiger partial charge in [0.05, 0.1) is 0 Å². The monoisotopic (exact) mass is 491 g/mol. The quantitative estimate of drug-likeness (QED) is 0.349. The fraction of sp³-hybridized carbons (Fsp3) is 0.632. The van der Waals surface area contributed by atoms with Gasteiger partial charge in [-0.25, -0.2) is 0 Å². The Balaban J connectivity index is 0.00000243. The molecule has 0 spiro atoms. The molecule has 1 unspecified atom stereocenters. The second kappa shape index (κ2) is 10.6. The van der Waals surface area contributed by atoms with E-state index in [0.717, 1.165) is 56.2 Å². The van der Waals surface area contributed by atoms with E-state index in [0.29, 0.717) is 6.04 Å². The third-order valence-corrected chi connectivity index (χ3v) is 5.32. The van der Waals surface area contributed by atoms with Crippen molar-refractivity contribution >= 4 is 47.2 Å². The first-order valence-electron chi connectivity index (χ1n) is 9.41. The molecule has 1 aliphatic carbocycles. The summed E-state index contributed by atoms with van der Waals surface area (Å²) < 4.78 is 0. The van der Waals surface area contributed by atoms with Gasteiger partial charge in [0.25, 0.3) is 0 Å². The van der Waals surface area contributed by atoms with E-state index >= 15 is 0 Å². The molecule has 1 atom stereocenters. The number of hydrogen-bond donors (Lipinski definition) is 2. The molecular weight excluding hydrogens is 461 g/mol. The first kappa shape index (κ1) is 21.6. The summed E-state index contributed by atoms with van der Waals surface area (Å²) in [4.78, 5) is 9.31. The van der Waals surface area contributed by atoms with Crippen molar-refractivity contribution in [2.24, 2.45) is 4.99 Å². The molecule has 1 aromatic carbocycles. The van der Waals surface area contributed by atoms with Crippen LogP contribution in [-0.4, -0.2) is 62.7 Å². The minimum Gasteiger partial charge on any atom is -0.369 e. The molecule has 1 aromatic rings. The van der Waals surface area contributed by atoms with Crippen molar-refractivity contribution in [1.29, 1.82) is 0 Å². The highest BCUT2D eigenvalue weighted by Gasteiger charge is 2.27. The van der Waals surface area contributed by atoms with Gasteiger partial charge in [-0.3, -0.25) is 9.89 Å². The topological polar surface area (TPSA) is 42.9 Å². The lowest BCUT2D eigenvalue weighted by molar-refractivity contribution is 0.282. The lowest BCUT2D eigenvalue weighted by Crippen LogP contribution is -2.46. The molecule has 1 saturated carbocycles. The van der Waals surface area contributed by atoms with Crippen LogP contribution in [-0.2, 0) is 0 Å². The Hall–Kier alpha value is -0.730. The van der Waals surface area contributed by atoms with Crippen LogP contribution < -0.4 is 15.5 Å². The summed E-state index contributed by atoms with van der Waals surface area (Å²) in [6.45, 7) is 7.42. The Labute approximate surface area is 179 Å². The van der Waals surface area contributed by atoms with Crippen LogP contribution in [0.5, 0.6) is 0 Å². The van der Waals surface area contributed by atoms with Gasteiger partial charge in [0, 0.05) is 56.0 Å². The van der Waals surface area contributed by atoms with Gasteiger partial charge >= 0.3 is 0 Å². The average molecular weight is 492 g/mol. The Morgan fingerprint density at radius 3 is 2.81 bits per heavy atom. The molecule has 26 heavy (non-hydrogen) atoms. The zero-order valence-electron chi connectivity index (χ0n) is 15.7. The van der Waals surface area contributed by atoms with Crippen LogP contribution in [0.3, 0.4) is 0 Å². The van der Waals surface area contributed by atoms with Gasteiger partial charge in [-0.15, -0.1) is 24.0 Å². The van der Waals surface area contributed by atoms with Crippen molar-refractivity contribution in [2.75, 3.05) is 44.7 Å². The summed E-state index contributed by atoms with van der Waals surface area (Å²) >= 11 is 6.11. The molecule has 0 aromatic heterocycles. The van der Waals surface area contributed by atoms with E-state index in [-0.39, 0.29) is 24.0 Å². The fourth-order valence-corrected chi connectivity index (χ4v) is 3.71. The Morgan fingerprint density at radius 1 is 1.35 bits per heavy atom. The molecule has 1 heterocycles. The number of aliphatic imine (C=N–C) groups is 1. The zero-order valence-corrected chi connectivity index (χ0v) is 18.8. The smallest absolute Gasteiger partial charge is 0.191 e. The Morgan fingerprint density at radius 2 is 2.15 bits per heavy atom. The molecule has 7 heteroatoms. The molecule has 5 nitrogen and oxygen atoms in total. The van der Waals surface area contributed by atoms with E-state index in [2.05, 4.69) is 38.4 Å². The van der Waals surface area contributed by atoms with E-state index in [4.69, 9.17) is 11.6 Å². The Kier molecular flexibility index (Phi) is 8.76. The van der Waals surface area contributed by atoms with Gasteiger partial charge in [0.2, 0.25) is 0 Å². The van der Waals surface area contributed by atoms with Gasteiger partial charge in [-0.05, 0) is 44.0 Å². The SMILES string of the molecule is CCN(CCNC(=NC)NC1CCN(c2cccc(Cl)c2)C1)C1CC1.I. The maximum Gasteiger partial charge on any atom is 0.191 e. The normalized spacial score (nSPS) is 20.2. The van der Waals surface area contributed by atoms with E-state index in [1.54, 1.807) is 0 Å². The van der Waals surface area contributed by atoms with E-state index in [1.807, 2.05) is 25.2 Å². The lowest BCUT2D eigenvalue weighted by atomic mass is 10.3. The Bertz CT molecular complexity index is 593. The maximum atomic E-state index is 6.11. The standard InChI is InChI=1S/C19H30ClN5.HI/c1-3-24(17-7-8-17)12-10-22-19(21-2)23-16-9-11-25(14-16)18-6-4-5-15(20)13-18;/h4-6,13,16-17H,3,7-12,14H2,1-2H3,(H2,21,22,23);1H. The zero-order chi connectivity index (χ0) is 17.6. The first-order chi connectivity index (χ1) is 12.2. The highest BCUT2D eigenvalue weighted by molar-refractivity contribution is 14.0. The van der Waals surface area contributed by atoms with Gasteiger partial charge in [-0.1, -0.05) is 24.6 Å². The number of anilines is 1. The lowest BCUT2D eigenvalue weighted by Gasteiger charge is -2.22. The molecule has 0 bridgehead atoms. The number of benzene rings is 1. The third-order valence-electron chi connectivity index (χ3n) is 5.09. The molecule has 3 rings (SSSR count). The van der Waals surface area contributed by atoms with Crippen molar-refractivity contribution in [3.05, 3.63) is 29.3 Å². The van der Waals surface area contributed by atoms with Gasteiger partial charge in [0.1, 0.15) is 0 Å². The summed E-state index contributed by atoms with van der Waals surface area (Å²) in [6.07, 6.45) is 3.83. The van der Waals surface area contributed by atoms with Crippen LogP contribution in [0.4, 0.5) is 5.69 Å². The number of likely N-dealkylation sites (N-methyl/N-ethyl adjacent to an activating group) is 1. The van der Waals surface area contributed by atoms with Crippen LogP contribution >= 0.6 is 35.6 Å². The van der Waals surface area contributed by atoms with Crippen LogP contribution in [0.2, 0.25) is 5.02 Å². The van der Waals surface area contributed by atoms with E-state index in [1.165, 1.54) is 18.5 Å². The highest BCUT2D eigenvalue weighted by Crippen LogP contribution is 2.26. The molecule has 1 aliphatic heterocycles. The summed E-state index contributed by atoms with van der Waals surface area (Å²) in [5.74, 6) is 0.907.